The van der Waals surface area contributed by atoms with Crippen molar-refractivity contribution in [2.45, 2.75) is 6.92 Å². The highest BCUT2D eigenvalue weighted by molar-refractivity contribution is 5.92. The van der Waals surface area contributed by atoms with E-state index in [2.05, 4.69) is 4.90 Å². The Kier molecular flexibility index (Phi) is 7.36. The maximum Gasteiger partial charge on any atom is 0.374 e. The molecule has 37 heavy (non-hydrogen) atoms. The zero-order chi connectivity index (χ0) is 25.5. The van der Waals surface area contributed by atoms with Crippen molar-refractivity contribution in [1.29, 1.82) is 0 Å². The Bertz CT molecular complexity index is 1340. The van der Waals surface area contributed by atoms with Crippen molar-refractivity contribution in [2.75, 3.05) is 24.7 Å². The van der Waals surface area contributed by atoms with Gasteiger partial charge in [-0.1, -0.05) is 54.6 Å². The van der Waals surface area contributed by atoms with Gasteiger partial charge in [0.15, 0.2) is 11.5 Å². The van der Waals surface area contributed by atoms with E-state index in [0.29, 0.717) is 18.9 Å². The topological polar surface area (TPSA) is 57.2 Å². The summed E-state index contributed by atoms with van der Waals surface area (Å²) in [5.74, 6) is 2.55. The van der Waals surface area contributed by atoms with Crippen LogP contribution >= 0.6 is 0 Å². The van der Waals surface area contributed by atoms with Gasteiger partial charge in [-0.25, -0.2) is 4.79 Å². The predicted molar refractivity (Wildman–Crippen MR) is 144 cm³/mol. The third-order valence-corrected chi connectivity index (χ3v) is 5.74. The van der Waals surface area contributed by atoms with E-state index in [9.17, 15) is 4.79 Å². The van der Waals surface area contributed by atoms with Gasteiger partial charge < -0.3 is 23.8 Å². The molecule has 0 N–H and O–H groups in total. The Morgan fingerprint density at radius 1 is 0.784 bits per heavy atom. The van der Waals surface area contributed by atoms with Crippen LogP contribution in [0.25, 0.3) is 6.08 Å². The first-order valence-electron chi connectivity index (χ1n) is 12.2. The smallest absolute Gasteiger partial charge is 0.374 e. The molecule has 0 spiro atoms. The highest BCUT2D eigenvalue weighted by Gasteiger charge is 2.23. The number of hydrogen-bond acceptors (Lipinski definition) is 6. The minimum atomic E-state index is -0.516. The van der Waals surface area contributed by atoms with Crippen molar-refractivity contribution in [2.24, 2.45) is 0 Å². The lowest BCUT2D eigenvalue weighted by Crippen LogP contribution is -2.26. The Hall–Kier alpha value is -4.71. The zero-order valence-electron chi connectivity index (χ0n) is 20.5. The van der Waals surface area contributed by atoms with Crippen LogP contribution in [0.4, 0.5) is 11.4 Å². The third-order valence-electron chi connectivity index (χ3n) is 5.74. The number of hydrogen-bond donors (Lipinski definition) is 0. The fourth-order valence-corrected chi connectivity index (χ4v) is 4.04. The van der Waals surface area contributed by atoms with E-state index < -0.39 is 5.97 Å². The number of fused-ring (bicyclic) bond motifs is 2. The lowest BCUT2D eigenvalue weighted by Gasteiger charge is -2.32. The molecule has 0 aliphatic carbocycles. The fraction of sp³-hybridized carbons (Fsp3) is 0.129. The summed E-state index contributed by atoms with van der Waals surface area (Å²) in [7, 11) is 0. The summed E-state index contributed by atoms with van der Waals surface area (Å²) in [5, 5.41) is 0. The monoisotopic (exact) mass is 493 g/mol. The molecule has 1 heterocycles. The summed E-state index contributed by atoms with van der Waals surface area (Å²) in [6.45, 7) is 3.15. The summed E-state index contributed by atoms with van der Waals surface area (Å²) in [5.41, 5.74) is 2.81. The summed E-state index contributed by atoms with van der Waals surface area (Å²) in [6, 6.07) is 32.6. The van der Waals surface area contributed by atoms with Gasteiger partial charge >= 0.3 is 5.97 Å². The number of ether oxygens (including phenoxy) is 4. The zero-order valence-corrected chi connectivity index (χ0v) is 20.5. The van der Waals surface area contributed by atoms with E-state index in [4.69, 9.17) is 18.9 Å². The number of benzene rings is 4. The summed E-state index contributed by atoms with van der Waals surface area (Å²) >= 11 is 0. The summed E-state index contributed by atoms with van der Waals surface area (Å²) < 4.78 is 23.1. The number of esters is 1. The molecule has 1 aliphatic rings. The second kappa shape index (κ2) is 11.4. The largest absolute Gasteiger partial charge is 0.492 e. The first-order chi connectivity index (χ1) is 18.2. The van der Waals surface area contributed by atoms with Crippen LogP contribution in [0.2, 0.25) is 0 Å². The molecule has 0 fully saturated rings. The average molecular weight is 494 g/mol. The first kappa shape index (κ1) is 24.0. The maximum absolute atomic E-state index is 12.4. The van der Waals surface area contributed by atoms with Crippen molar-refractivity contribution in [1.82, 2.24) is 0 Å². The molecule has 4 aromatic rings. The summed E-state index contributed by atoms with van der Waals surface area (Å²) in [4.78, 5) is 14.6. The average Bonchev–Trinajstić information content (AvgIpc) is 2.94. The maximum atomic E-state index is 12.4. The number of para-hydroxylation sites is 5. The molecule has 0 saturated carbocycles. The molecule has 0 saturated heterocycles. The quantitative estimate of drug-likeness (QED) is 0.142. The normalized spacial score (nSPS) is 12.1. The van der Waals surface area contributed by atoms with Gasteiger partial charge in [-0.2, -0.15) is 0 Å². The molecule has 6 nitrogen and oxygen atoms in total. The van der Waals surface area contributed by atoms with Crippen molar-refractivity contribution in [3.05, 3.63) is 114 Å². The predicted octanol–water partition coefficient (Wildman–Crippen LogP) is 6.99. The second-order valence-electron chi connectivity index (χ2n) is 8.25. The first-order valence-corrected chi connectivity index (χ1v) is 12.2. The molecule has 0 amide bonds. The van der Waals surface area contributed by atoms with Crippen LogP contribution in [0.15, 0.2) is 109 Å². The molecule has 6 heteroatoms. The molecule has 186 valence electrons. The summed E-state index contributed by atoms with van der Waals surface area (Å²) in [6.07, 6.45) is 1.66. The molecule has 0 aromatic heterocycles. The standard InChI is InChI=1S/C31H27NO5/c1-2-34-31(33)30(36-25-10-4-3-5-11-25)22-23-16-18-24(19-17-23)35-21-20-32-26-12-6-8-14-28(26)37-29-15-9-7-13-27(29)32/h3-19,22H,2,20-21H2,1H3. The van der Waals surface area contributed by atoms with Gasteiger partial charge in [0.05, 0.1) is 24.5 Å². The molecule has 5 rings (SSSR count). The van der Waals surface area contributed by atoms with E-state index >= 15 is 0 Å². The van der Waals surface area contributed by atoms with E-state index in [1.54, 1.807) is 25.1 Å². The van der Waals surface area contributed by atoms with E-state index in [1.165, 1.54) is 0 Å². The van der Waals surface area contributed by atoms with E-state index in [-0.39, 0.29) is 12.4 Å². The van der Waals surface area contributed by atoms with Crippen molar-refractivity contribution < 1.29 is 23.7 Å². The van der Waals surface area contributed by atoms with Gasteiger partial charge in [-0.05, 0) is 67.1 Å². The number of rotatable bonds is 9. The van der Waals surface area contributed by atoms with Crippen LogP contribution in [-0.2, 0) is 9.53 Å². The van der Waals surface area contributed by atoms with Gasteiger partial charge in [-0.3, -0.25) is 0 Å². The second-order valence-corrected chi connectivity index (χ2v) is 8.25. The lowest BCUT2D eigenvalue weighted by atomic mass is 10.1. The number of anilines is 2. The minimum Gasteiger partial charge on any atom is -0.492 e. The molecule has 0 radical (unpaired) electrons. The van der Waals surface area contributed by atoms with Gasteiger partial charge in [0, 0.05) is 0 Å². The van der Waals surface area contributed by atoms with Gasteiger partial charge in [0.1, 0.15) is 18.1 Å². The minimum absolute atomic E-state index is 0.117. The molecule has 1 aliphatic heterocycles. The highest BCUT2D eigenvalue weighted by atomic mass is 16.6. The molecule has 0 bridgehead atoms. The van der Waals surface area contributed by atoms with Crippen LogP contribution in [-0.4, -0.2) is 25.7 Å². The van der Waals surface area contributed by atoms with Crippen LogP contribution < -0.4 is 19.1 Å². The fourth-order valence-electron chi connectivity index (χ4n) is 4.04. The van der Waals surface area contributed by atoms with E-state index in [0.717, 1.165) is 34.2 Å². The Morgan fingerprint density at radius 3 is 2.05 bits per heavy atom. The Balaban J connectivity index is 1.26. The van der Waals surface area contributed by atoms with Crippen molar-refractivity contribution in [3.8, 4) is 23.0 Å². The van der Waals surface area contributed by atoms with Crippen molar-refractivity contribution in [3.63, 3.8) is 0 Å². The van der Waals surface area contributed by atoms with Crippen LogP contribution in [0.1, 0.15) is 12.5 Å². The van der Waals surface area contributed by atoms with Crippen LogP contribution in [0.3, 0.4) is 0 Å². The molecular formula is C31H27NO5. The van der Waals surface area contributed by atoms with Gasteiger partial charge in [0.25, 0.3) is 0 Å². The highest BCUT2D eigenvalue weighted by Crippen LogP contribution is 2.45. The lowest BCUT2D eigenvalue weighted by molar-refractivity contribution is -0.140. The molecule has 4 aromatic carbocycles. The third kappa shape index (κ3) is 5.76. The number of carbonyl (C=O) groups excluding carboxylic acids is 1. The SMILES string of the molecule is CCOC(=O)C(=Cc1ccc(OCCN2c3ccccc3Oc3ccccc32)cc1)Oc1ccccc1. The number of nitrogens with zero attached hydrogens (tertiary/aromatic N) is 1. The van der Waals surface area contributed by atoms with Crippen LogP contribution in [0, 0.1) is 0 Å². The Labute approximate surface area is 216 Å². The van der Waals surface area contributed by atoms with Crippen LogP contribution in [0.5, 0.6) is 23.0 Å². The van der Waals surface area contributed by atoms with Crippen molar-refractivity contribution >= 4 is 23.4 Å². The Morgan fingerprint density at radius 2 is 1.41 bits per heavy atom. The molecular weight excluding hydrogens is 466 g/mol. The number of carbonyl (C=O) groups is 1. The van der Waals surface area contributed by atoms with Gasteiger partial charge in [-0.15, -0.1) is 0 Å². The van der Waals surface area contributed by atoms with E-state index in [1.807, 2.05) is 91.0 Å². The molecule has 0 atom stereocenters. The van der Waals surface area contributed by atoms with Gasteiger partial charge in [0.2, 0.25) is 5.76 Å². The molecule has 0 unspecified atom stereocenters.